The number of para-hydroxylation sites is 4. The number of alkyl halides is 6. The fourth-order valence-corrected chi connectivity index (χ4v) is 10.4. The van der Waals surface area contributed by atoms with E-state index < -0.39 is 23.5 Å². The molecule has 7 nitrogen and oxygen atoms in total. The molecule has 14 rings (SSSR count). The maximum absolute atomic E-state index is 15.0. The Hall–Kier alpha value is -9.23. The van der Waals surface area contributed by atoms with Gasteiger partial charge in [-0.25, -0.2) is 15.0 Å². The van der Waals surface area contributed by atoms with Crippen LogP contribution >= 0.6 is 0 Å². The van der Waals surface area contributed by atoms with E-state index in [-0.39, 0.29) is 40.0 Å². The van der Waals surface area contributed by atoms with E-state index in [4.69, 9.17) is 23.8 Å². The Morgan fingerprint density at radius 2 is 0.722 bits per heavy atom. The highest BCUT2D eigenvalue weighted by molar-refractivity contribution is 6.19. The molecular formula is C59H31F6N5O2. The van der Waals surface area contributed by atoms with Crippen LogP contribution in [0.3, 0.4) is 0 Å². The maximum Gasteiger partial charge on any atom is 0.416 e. The van der Waals surface area contributed by atoms with Gasteiger partial charge in [-0.3, -0.25) is 0 Å². The molecule has 9 aromatic carbocycles. The second kappa shape index (κ2) is 15.1. The van der Waals surface area contributed by atoms with Crippen molar-refractivity contribution in [1.29, 1.82) is 0 Å². The minimum absolute atomic E-state index is 0.0275. The summed E-state index contributed by atoms with van der Waals surface area (Å²) in [6.45, 7) is 0. The molecule has 0 amide bonds. The molecule has 0 saturated carbocycles. The van der Waals surface area contributed by atoms with Crippen molar-refractivity contribution in [3.63, 3.8) is 0 Å². The van der Waals surface area contributed by atoms with E-state index in [0.29, 0.717) is 50.0 Å². The van der Waals surface area contributed by atoms with Gasteiger partial charge in [0.1, 0.15) is 22.3 Å². The average Bonchev–Trinajstić information content (AvgIpc) is 4.13. The number of halogens is 6. The molecule has 0 atom stereocenters. The normalized spacial score (nSPS) is 12.6. The van der Waals surface area contributed by atoms with Crippen molar-refractivity contribution >= 4 is 87.5 Å². The SMILES string of the molecule is FC(F)(F)c1ccc(-n2c3ccccc3c3cc4c(cc32)oc2ccccc24)c(-c2nc(-c3ccccc3)nc(-c3cc(C(F)(F)F)ccc3-n3c4ccccc4c4cc5c(cc43)oc3ccccc35)n2)c1. The minimum atomic E-state index is -4.80. The molecule has 0 aliphatic heterocycles. The van der Waals surface area contributed by atoms with Gasteiger partial charge in [-0.05, 0) is 72.8 Å². The van der Waals surface area contributed by atoms with Crippen LogP contribution in [0.2, 0.25) is 0 Å². The molecule has 0 aliphatic rings. The van der Waals surface area contributed by atoms with Crippen LogP contribution in [0.1, 0.15) is 11.1 Å². The van der Waals surface area contributed by atoms with Gasteiger partial charge in [-0.15, -0.1) is 0 Å². The molecule has 72 heavy (non-hydrogen) atoms. The van der Waals surface area contributed by atoms with E-state index in [1.54, 1.807) is 30.3 Å². The maximum atomic E-state index is 15.0. The van der Waals surface area contributed by atoms with Gasteiger partial charge in [0, 0.05) is 71.9 Å². The summed E-state index contributed by atoms with van der Waals surface area (Å²) >= 11 is 0. The highest BCUT2D eigenvalue weighted by atomic mass is 19.4. The van der Waals surface area contributed by atoms with E-state index in [0.717, 1.165) is 67.4 Å². The summed E-state index contributed by atoms with van der Waals surface area (Å²) in [5.74, 6) is -0.379. The van der Waals surface area contributed by atoms with E-state index in [9.17, 15) is 0 Å². The van der Waals surface area contributed by atoms with Crippen LogP contribution in [0.15, 0.2) is 197 Å². The average molecular weight is 956 g/mol. The second-order valence-electron chi connectivity index (χ2n) is 17.8. The Morgan fingerprint density at radius 3 is 1.18 bits per heavy atom. The Kier molecular flexibility index (Phi) is 8.77. The number of fused-ring (bicyclic) bond motifs is 12. The first-order valence-electron chi connectivity index (χ1n) is 22.9. The zero-order valence-corrected chi connectivity index (χ0v) is 37.2. The Balaban J connectivity index is 1.07. The Labute approximate surface area is 402 Å². The summed E-state index contributed by atoms with van der Waals surface area (Å²) in [4.78, 5) is 14.7. The monoisotopic (exact) mass is 955 g/mol. The fourth-order valence-electron chi connectivity index (χ4n) is 10.4. The van der Waals surface area contributed by atoms with Crippen LogP contribution in [-0.4, -0.2) is 24.1 Å². The number of hydrogen-bond acceptors (Lipinski definition) is 5. The number of rotatable bonds is 5. The van der Waals surface area contributed by atoms with Gasteiger partial charge in [0.15, 0.2) is 17.5 Å². The van der Waals surface area contributed by atoms with Crippen molar-refractivity contribution in [3.05, 3.63) is 199 Å². The second-order valence-corrected chi connectivity index (χ2v) is 17.8. The fraction of sp³-hybridized carbons (Fsp3) is 0.0339. The predicted molar refractivity (Wildman–Crippen MR) is 269 cm³/mol. The van der Waals surface area contributed by atoms with Crippen LogP contribution < -0.4 is 0 Å². The summed E-state index contributed by atoms with van der Waals surface area (Å²) in [5.41, 5.74) is 4.06. The van der Waals surface area contributed by atoms with Gasteiger partial charge in [-0.1, -0.05) is 103 Å². The molecule has 0 saturated heterocycles. The third-order valence-corrected chi connectivity index (χ3v) is 13.6. The first kappa shape index (κ1) is 41.7. The van der Waals surface area contributed by atoms with E-state index in [1.807, 2.05) is 130 Å². The number of aromatic nitrogens is 5. The highest BCUT2D eigenvalue weighted by Gasteiger charge is 2.34. The first-order valence-corrected chi connectivity index (χ1v) is 22.9. The summed E-state index contributed by atoms with van der Waals surface area (Å²) in [7, 11) is 0. The minimum Gasteiger partial charge on any atom is -0.456 e. The van der Waals surface area contributed by atoms with E-state index in [1.165, 1.54) is 12.1 Å². The lowest BCUT2D eigenvalue weighted by atomic mass is 10.0. The van der Waals surface area contributed by atoms with Crippen molar-refractivity contribution in [2.75, 3.05) is 0 Å². The van der Waals surface area contributed by atoms with Crippen molar-refractivity contribution in [2.45, 2.75) is 12.4 Å². The Bertz CT molecular complexity index is 4300. The highest BCUT2D eigenvalue weighted by Crippen LogP contribution is 2.45. The molecule has 346 valence electrons. The van der Waals surface area contributed by atoms with Crippen molar-refractivity contribution < 1.29 is 35.2 Å². The lowest BCUT2D eigenvalue weighted by molar-refractivity contribution is -0.138. The zero-order valence-electron chi connectivity index (χ0n) is 37.2. The molecule has 0 spiro atoms. The number of nitrogens with zero attached hydrogens (tertiary/aromatic N) is 5. The van der Waals surface area contributed by atoms with Crippen LogP contribution in [0.25, 0.3) is 133 Å². The van der Waals surface area contributed by atoms with Crippen LogP contribution in [0.4, 0.5) is 26.3 Å². The van der Waals surface area contributed by atoms with Gasteiger partial charge < -0.3 is 18.0 Å². The molecule has 0 unspecified atom stereocenters. The quantitative estimate of drug-likeness (QED) is 0.161. The van der Waals surface area contributed by atoms with E-state index in [2.05, 4.69) is 0 Å². The van der Waals surface area contributed by atoms with Gasteiger partial charge in [0.25, 0.3) is 0 Å². The molecule has 13 heteroatoms. The summed E-state index contributed by atoms with van der Waals surface area (Å²) in [5, 5.41) is 6.83. The van der Waals surface area contributed by atoms with E-state index >= 15 is 26.3 Å². The van der Waals surface area contributed by atoms with Crippen molar-refractivity contribution in [3.8, 4) is 45.5 Å². The van der Waals surface area contributed by atoms with Gasteiger partial charge >= 0.3 is 12.4 Å². The summed E-state index contributed by atoms with van der Waals surface area (Å²) in [6.07, 6.45) is -9.61. The zero-order chi connectivity index (χ0) is 48.6. The number of hydrogen-bond donors (Lipinski definition) is 0. The molecule has 0 bridgehead atoms. The standard InChI is InChI=1S/C59H31F6N5O2/c60-58(61,62)33-22-24-47(69-45-18-8-4-14-35(45)39-28-41-37-16-6-10-20-51(37)71-53(41)30-49(39)69)43(26-33)56-66-55(32-12-2-1-3-13-32)67-57(68-56)44-27-34(59(63,64)65)23-25-48(44)70-46-19-9-5-15-36(46)40-29-42-38-17-7-11-21-52(38)72-54(42)31-50(40)70/h1-31H. The van der Waals surface area contributed by atoms with Crippen molar-refractivity contribution in [2.24, 2.45) is 0 Å². The van der Waals surface area contributed by atoms with Gasteiger partial charge in [-0.2, -0.15) is 26.3 Å². The molecule has 0 aliphatic carbocycles. The topological polar surface area (TPSA) is 74.8 Å². The lowest BCUT2D eigenvalue weighted by Gasteiger charge is -2.18. The predicted octanol–water partition coefficient (Wildman–Crippen LogP) is 16.9. The molecule has 0 N–H and O–H groups in total. The van der Waals surface area contributed by atoms with Crippen LogP contribution in [0.5, 0.6) is 0 Å². The number of furan rings is 2. The molecule has 0 fully saturated rings. The number of benzene rings is 9. The van der Waals surface area contributed by atoms with Gasteiger partial charge in [0.05, 0.1) is 44.6 Å². The summed E-state index contributed by atoms with van der Waals surface area (Å²) in [6, 6.07) is 53.7. The molecule has 5 heterocycles. The largest absolute Gasteiger partial charge is 0.456 e. The van der Waals surface area contributed by atoms with Crippen molar-refractivity contribution in [1.82, 2.24) is 24.1 Å². The third kappa shape index (κ3) is 6.36. The third-order valence-electron chi connectivity index (χ3n) is 13.6. The van der Waals surface area contributed by atoms with Gasteiger partial charge in [0.2, 0.25) is 0 Å². The van der Waals surface area contributed by atoms with Crippen LogP contribution in [-0.2, 0) is 12.4 Å². The molecule has 5 aromatic heterocycles. The lowest BCUT2D eigenvalue weighted by Crippen LogP contribution is -2.10. The van der Waals surface area contributed by atoms with Crippen LogP contribution in [0, 0.1) is 0 Å². The molecule has 14 aromatic rings. The smallest absolute Gasteiger partial charge is 0.416 e. The molecule has 0 radical (unpaired) electrons. The molecular weight excluding hydrogens is 925 g/mol. The Morgan fingerprint density at radius 1 is 0.319 bits per heavy atom. The first-order chi connectivity index (χ1) is 34.9. The summed E-state index contributed by atoms with van der Waals surface area (Å²) < 4.78 is 106.